The number of benzene rings is 1. The van der Waals surface area contributed by atoms with Crippen LogP contribution in [0.15, 0.2) is 18.2 Å². The van der Waals surface area contributed by atoms with E-state index in [0.717, 1.165) is 5.82 Å². The lowest BCUT2D eigenvalue weighted by atomic mass is 9.95. The molecule has 2 rings (SSSR count). The van der Waals surface area contributed by atoms with Gasteiger partial charge in [0.1, 0.15) is 5.82 Å². The van der Waals surface area contributed by atoms with Gasteiger partial charge in [-0.05, 0) is 23.7 Å². The fraction of sp³-hybridized carbons (Fsp3) is 0.333. The van der Waals surface area contributed by atoms with Crippen LogP contribution in [0.4, 0.5) is 0 Å². The second-order valence-corrected chi connectivity index (χ2v) is 6.07. The Labute approximate surface area is 121 Å². The van der Waals surface area contributed by atoms with Gasteiger partial charge in [0.2, 0.25) is 5.28 Å². The SMILES string of the molecule is CC(C)(C)c1nnc(Cl)n1-c1cccc(Cl)c1Cl. The maximum Gasteiger partial charge on any atom is 0.229 e. The van der Waals surface area contributed by atoms with E-state index >= 15 is 0 Å². The normalized spacial score (nSPS) is 11.9. The Bertz CT molecular complexity index is 585. The van der Waals surface area contributed by atoms with E-state index in [1.165, 1.54) is 0 Å². The molecule has 96 valence electrons. The van der Waals surface area contributed by atoms with Gasteiger partial charge >= 0.3 is 0 Å². The van der Waals surface area contributed by atoms with E-state index in [-0.39, 0.29) is 10.7 Å². The molecule has 1 aromatic carbocycles. The Morgan fingerprint density at radius 1 is 1.06 bits per heavy atom. The minimum atomic E-state index is -0.203. The van der Waals surface area contributed by atoms with Crippen LogP contribution in [-0.4, -0.2) is 14.8 Å². The highest BCUT2D eigenvalue weighted by atomic mass is 35.5. The highest BCUT2D eigenvalue weighted by Gasteiger charge is 2.25. The third-order valence-electron chi connectivity index (χ3n) is 2.47. The summed E-state index contributed by atoms with van der Waals surface area (Å²) in [5, 5.41) is 9.20. The zero-order chi connectivity index (χ0) is 13.5. The molecule has 0 bridgehead atoms. The molecular weight excluding hydrogens is 293 g/mol. The van der Waals surface area contributed by atoms with E-state index in [9.17, 15) is 0 Å². The first-order chi connectivity index (χ1) is 8.32. The Kier molecular flexibility index (Phi) is 3.58. The van der Waals surface area contributed by atoms with Crippen LogP contribution in [0.5, 0.6) is 0 Å². The fourth-order valence-electron chi connectivity index (χ4n) is 1.63. The summed E-state index contributed by atoms with van der Waals surface area (Å²) in [4.78, 5) is 0. The zero-order valence-electron chi connectivity index (χ0n) is 10.2. The second-order valence-electron chi connectivity index (χ2n) is 4.95. The lowest BCUT2D eigenvalue weighted by Gasteiger charge is -2.19. The van der Waals surface area contributed by atoms with Crippen LogP contribution in [0.3, 0.4) is 0 Å². The number of nitrogens with zero attached hydrogens (tertiary/aromatic N) is 3. The molecule has 3 nitrogen and oxygen atoms in total. The van der Waals surface area contributed by atoms with Gasteiger partial charge in [0, 0.05) is 5.41 Å². The quantitative estimate of drug-likeness (QED) is 0.775. The topological polar surface area (TPSA) is 30.7 Å². The maximum atomic E-state index is 6.21. The van der Waals surface area contributed by atoms with Gasteiger partial charge in [0.05, 0.1) is 15.7 Å². The molecular formula is C12H12Cl3N3. The summed E-state index contributed by atoms with van der Waals surface area (Å²) in [6, 6.07) is 5.37. The van der Waals surface area contributed by atoms with Gasteiger partial charge in [-0.25, -0.2) is 0 Å². The van der Waals surface area contributed by atoms with E-state index in [0.29, 0.717) is 15.7 Å². The van der Waals surface area contributed by atoms with Gasteiger partial charge in [0.15, 0.2) is 0 Å². The molecule has 1 aromatic heterocycles. The van der Waals surface area contributed by atoms with Crippen molar-refractivity contribution in [1.82, 2.24) is 14.8 Å². The molecule has 0 radical (unpaired) electrons. The van der Waals surface area contributed by atoms with Crippen molar-refractivity contribution in [2.24, 2.45) is 0 Å². The van der Waals surface area contributed by atoms with Gasteiger partial charge in [-0.3, -0.25) is 4.57 Å². The van der Waals surface area contributed by atoms with Crippen molar-refractivity contribution in [3.63, 3.8) is 0 Å². The van der Waals surface area contributed by atoms with Gasteiger partial charge in [-0.1, -0.05) is 50.0 Å². The van der Waals surface area contributed by atoms with Crippen molar-refractivity contribution < 1.29 is 0 Å². The smallest absolute Gasteiger partial charge is 0.229 e. The lowest BCUT2D eigenvalue weighted by Crippen LogP contribution is -2.18. The van der Waals surface area contributed by atoms with Crippen LogP contribution in [0.2, 0.25) is 15.3 Å². The van der Waals surface area contributed by atoms with E-state index in [4.69, 9.17) is 34.8 Å². The molecule has 0 amide bonds. The first-order valence-corrected chi connectivity index (χ1v) is 6.51. The highest BCUT2D eigenvalue weighted by molar-refractivity contribution is 6.43. The van der Waals surface area contributed by atoms with E-state index in [2.05, 4.69) is 10.2 Å². The minimum Gasteiger partial charge on any atom is -0.268 e. The first kappa shape index (κ1) is 13.7. The lowest BCUT2D eigenvalue weighted by molar-refractivity contribution is 0.533. The predicted octanol–water partition coefficient (Wildman–Crippen LogP) is 4.53. The summed E-state index contributed by atoms with van der Waals surface area (Å²) in [7, 11) is 0. The summed E-state index contributed by atoms with van der Waals surface area (Å²) in [5.74, 6) is 0.733. The van der Waals surface area contributed by atoms with Crippen molar-refractivity contribution in [1.29, 1.82) is 0 Å². The van der Waals surface area contributed by atoms with E-state index in [1.807, 2.05) is 32.9 Å². The largest absolute Gasteiger partial charge is 0.268 e. The van der Waals surface area contributed by atoms with Gasteiger partial charge in [-0.2, -0.15) is 0 Å². The van der Waals surface area contributed by atoms with Crippen LogP contribution in [0.25, 0.3) is 5.69 Å². The number of halogens is 3. The second kappa shape index (κ2) is 4.72. The average Bonchev–Trinajstić information content (AvgIpc) is 2.64. The third-order valence-corrected chi connectivity index (χ3v) is 3.52. The minimum absolute atomic E-state index is 0.203. The molecule has 0 unspecified atom stereocenters. The summed E-state index contributed by atoms with van der Waals surface area (Å²) in [6.45, 7) is 6.09. The monoisotopic (exact) mass is 303 g/mol. The van der Waals surface area contributed by atoms with Gasteiger partial charge in [-0.15, -0.1) is 10.2 Å². The van der Waals surface area contributed by atoms with E-state index in [1.54, 1.807) is 10.6 Å². The van der Waals surface area contributed by atoms with Crippen LogP contribution >= 0.6 is 34.8 Å². The molecule has 6 heteroatoms. The van der Waals surface area contributed by atoms with Crippen molar-refractivity contribution in [2.45, 2.75) is 26.2 Å². The molecule has 0 aliphatic heterocycles. The molecule has 0 aliphatic carbocycles. The highest BCUT2D eigenvalue weighted by Crippen LogP contribution is 2.33. The standard InChI is InChI=1S/C12H12Cl3N3/c1-12(2,3)10-16-17-11(15)18(10)8-6-4-5-7(13)9(8)14/h4-6H,1-3H3. The molecule has 0 atom stereocenters. The van der Waals surface area contributed by atoms with Crippen LogP contribution in [-0.2, 0) is 5.41 Å². The van der Waals surface area contributed by atoms with Crippen molar-refractivity contribution >= 4 is 34.8 Å². The number of hydrogen-bond donors (Lipinski definition) is 0. The molecule has 18 heavy (non-hydrogen) atoms. The molecule has 2 aromatic rings. The van der Waals surface area contributed by atoms with Crippen LogP contribution in [0, 0.1) is 0 Å². The Morgan fingerprint density at radius 3 is 2.33 bits per heavy atom. The average molecular weight is 305 g/mol. The van der Waals surface area contributed by atoms with Crippen molar-refractivity contribution in [2.75, 3.05) is 0 Å². The maximum absolute atomic E-state index is 6.21. The predicted molar refractivity (Wildman–Crippen MR) is 75.1 cm³/mol. The first-order valence-electron chi connectivity index (χ1n) is 5.38. The van der Waals surface area contributed by atoms with Gasteiger partial charge < -0.3 is 0 Å². The Balaban J connectivity index is 2.72. The third kappa shape index (κ3) is 2.35. The van der Waals surface area contributed by atoms with Crippen molar-refractivity contribution in [3.8, 4) is 5.69 Å². The summed E-state index contributed by atoms with van der Waals surface area (Å²) < 4.78 is 1.72. The zero-order valence-corrected chi connectivity index (χ0v) is 12.5. The molecule has 0 fully saturated rings. The fourth-order valence-corrected chi connectivity index (χ4v) is 2.22. The molecule has 1 heterocycles. The van der Waals surface area contributed by atoms with E-state index < -0.39 is 0 Å². The molecule has 0 aliphatic rings. The van der Waals surface area contributed by atoms with Crippen molar-refractivity contribution in [3.05, 3.63) is 39.4 Å². The Morgan fingerprint density at radius 2 is 1.72 bits per heavy atom. The summed E-state index contributed by atoms with van der Waals surface area (Å²) >= 11 is 18.3. The van der Waals surface area contributed by atoms with Gasteiger partial charge in [0.25, 0.3) is 0 Å². The summed E-state index contributed by atoms with van der Waals surface area (Å²) in [6.07, 6.45) is 0. The molecule has 0 saturated heterocycles. The number of rotatable bonds is 1. The summed E-state index contributed by atoms with van der Waals surface area (Å²) in [5.41, 5.74) is 0.482. The molecule has 0 saturated carbocycles. The van der Waals surface area contributed by atoms with Crippen LogP contribution < -0.4 is 0 Å². The number of aromatic nitrogens is 3. The number of hydrogen-bond acceptors (Lipinski definition) is 2. The molecule has 0 spiro atoms. The van der Waals surface area contributed by atoms with Crippen LogP contribution in [0.1, 0.15) is 26.6 Å². The Hall–Kier alpha value is -0.770. The molecule has 0 N–H and O–H groups in total.